The number of nitrogens with two attached hydrogens (primary N) is 1. The summed E-state index contributed by atoms with van der Waals surface area (Å²) in [6, 6.07) is 0. The maximum absolute atomic E-state index is 12.1. The van der Waals surface area contributed by atoms with Gasteiger partial charge < -0.3 is 15.2 Å². The van der Waals surface area contributed by atoms with Gasteiger partial charge in [0.15, 0.2) is 5.16 Å². The highest BCUT2D eigenvalue weighted by Gasteiger charge is 2.15. The van der Waals surface area contributed by atoms with Crippen LogP contribution in [-0.2, 0) is 11.3 Å². The van der Waals surface area contributed by atoms with E-state index in [1.54, 1.807) is 4.90 Å². The lowest BCUT2D eigenvalue weighted by Crippen LogP contribution is -2.33. The molecule has 112 valence electrons. The minimum absolute atomic E-state index is 0.0838. The predicted octanol–water partition coefficient (Wildman–Crippen LogP) is 1.06. The first-order chi connectivity index (χ1) is 9.49. The molecule has 0 aliphatic carbocycles. The first-order valence-electron chi connectivity index (χ1n) is 6.64. The molecule has 20 heavy (non-hydrogen) atoms. The lowest BCUT2D eigenvalue weighted by Gasteiger charge is -2.20. The van der Waals surface area contributed by atoms with Crippen molar-refractivity contribution < 1.29 is 4.79 Å². The van der Waals surface area contributed by atoms with Crippen LogP contribution in [0, 0.1) is 6.92 Å². The topological polar surface area (TPSA) is 77.0 Å². The van der Waals surface area contributed by atoms with Crippen molar-refractivity contribution in [2.45, 2.75) is 32.5 Å². The van der Waals surface area contributed by atoms with Crippen LogP contribution in [0.4, 0.5) is 0 Å². The molecule has 0 aromatic carbocycles. The van der Waals surface area contributed by atoms with Gasteiger partial charge in [-0.3, -0.25) is 4.79 Å². The first-order valence-corrected chi connectivity index (χ1v) is 7.63. The van der Waals surface area contributed by atoms with Crippen molar-refractivity contribution in [3.63, 3.8) is 0 Å². The fourth-order valence-electron chi connectivity index (χ4n) is 1.77. The molecular weight excluding hydrogens is 274 g/mol. The van der Waals surface area contributed by atoms with Crippen molar-refractivity contribution >= 4 is 17.7 Å². The minimum Gasteiger partial charge on any atom is -0.338 e. The molecule has 1 aromatic rings. The van der Waals surface area contributed by atoms with Crippen molar-refractivity contribution in [3.05, 3.63) is 18.0 Å². The summed E-state index contributed by atoms with van der Waals surface area (Å²) in [5, 5.41) is 8.85. The zero-order valence-electron chi connectivity index (χ0n) is 12.4. The van der Waals surface area contributed by atoms with Crippen LogP contribution in [0.5, 0.6) is 0 Å². The van der Waals surface area contributed by atoms with Crippen molar-refractivity contribution in [2.75, 3.05) is 25.4 Å². The summed E-state index contributed by atoms with van der Waals surface area (Å²) in [5.41, 5.74) is 6.55. The number of amides is 1. The van der Waals surface area contributed by atoms with E-state index in [-0.39, 0.29) is 5.91 Å². The summed E-state index contributed by atoms with van der Waals surface area (Å²) in [6.07, 6.45) is 0. The smallest absolute Gasteiger partial charge is 0.233 e. The van der Waals surface area contributed by atoms with Gasteiger partial charge in [-0.1, -0.05) is 23.9 Å². The van der Waals surface area contributed by atoms with Crippen LogP contribution in [0.15, 0.2) is 17.3 Å². The third-order valence-corrected chi connectivity index (χ3v) is 3.73. The molecule has 0 atom stereocenters. The number of hydrogen-bond acceptors (Lipinski definition) is 5. The third kappa shape index (κ3) is 4.64. The van der Waals surface area contributed by atoms with E-state index in [2.05, 4.69) is 16.8 Å². The monoisotopic (exact) mass is 297 g/mol. The Hall–Kier alpha value is -1.34. The van der Waals surface area contributed by atoms with Crippen LogP contribution in [-0.4, -0.2) is 51.0 Å². The molecule has 1 rings (SSSR count). The lowest BCUT2D eigenvalue weighted by atomic mass is 10.3. The second-order valence-corrected chi connectivity index (χ2v) is 5.57. The molecule has 0 aliphatic rings. The summed E-state index contributed by atoms with van der Waals surface area (Å²) in [7, 11) is 0. The molecule has 1 aromatic heterocycles. The summed E-state index contributed by atoms with van der Waals surface area (Å²) >= 11 is 1.40. The Morgan fingerprint density at radius 1 is 1.50 bits per heavy atom. The number of aromatic nitrogens is 3. The quantitative estimate of drug-likeness (QED) is 0.573. The number of hydrogen-bond donors (Lipinski definition) is 1. The zero-order chi connectivity index (χ0) is 15.1. The molecule has 0 unspecified atom stereocenters. The summed E-state index contributed by atoms with van der Waals surface area (Å²) in [6.45, 7) is 12.1. The second kappa shape index (κ2) is 8.06. The van der Waals surface area contributed by atoms with E-state index in [0.29, 0.717) is 31.9 Å². The molecule has 0 aliphatic heterocycles. The Balaban J connectivity index is 2.62. The van der Waals surface area contributed by atoms with Crippen molar-refractivity contribution in [3.8, 4) is 0 Å². The van der Waals surface area contributed by atoms with Crippen LogP contribution >= 0.6 is 11.8 Å². The van der Waals surface area contributed by atoms with Gasteiger partial charge in [0.1, 0.15) is 5.82 Å². The maximum atomic E-state index is 12.1. The van der Waals surface area contributed by atoms with Crippen molar-refractivity contribution in [1.29, 1.82) is 0 Å². The molecule has 0 bridgehead atoms. The Bertz CT molecular complexity index is 471. The number of thioether (sulfide) groups is 1. The minimum atomic E-state index is 0.0838. The molecular formula is C13H23N5OS. The average Bonchev–Trinajstić information content (AvgIpc) is 2.75. The number of aryl methyl sites for hydroxylation is 1. The number of likely N-dealkylation sites (N-methyl/N-ethyl adjacent to an activating group) is 1. The second-order valence-electron chi connectivity index (χ2n) is 4.62. The number of nitrogens with zero attached hydrogens (tertiary/aromatic N) is 4. The van der Waals surface area contributed by atoms with Crippen LogP contribution in [0.1, 0.15) is 19.7 Å². The molecule has 0 saturated heterocycles. The van der Waals surface area contributed by atoms with E-state index in [9.17, 15) is 4.79 Å². The summed E-state index contributed by atoms with van der Waals surface area (Å²) in [5.74, 6) is 1.25. The van der Waals surface area contributed by atoms with E-state index in [0.717, 1.165) is 16.6 Å². The average molecular weight is 297 g/mol. The molecule has 2 N–H and O–H groups in total. The first kappa shape index (κ1) is 16.7. The third-order valence-electron chi connectivity index (χ3n) is 2.77. The fourth-order valence-corrected chi connectivity index (χ4v) is 2.69. The van der Waals surface area contributed by atoms with Crippen molar-refractivity contribution in [1.82, 2.24) is 19.7 Å². The van der Waals surface area contributed by atoms with Gasteiger partial charge in [0.25, 0.3) is 0 Å². The molecule has 0 spiro atoms. The highest BCUT2D eigenvalue weighted by molar-refractivity contribution is 7.99. The van der Waals surface area contributed by atoms with Crippen LogP contribution in [0.2, 0.25) is 0 Å². The molecule has 0 saturated carbocycles. The van der Waals surface area contributed by atoms with Gasteiger partial charge in [0.05, 0.1) is 5.75 Å². The molecule has 0 fully saturated rings. The van der Waals surface area contributed by atoms with Gasteiger partial charge >= 0.3 is 0 Å². The molecule has 6 nitrogen and oxygen atoms in total. The lowest BCUT2D eigenvalue weighted by molar-refractivity contribution is -0.127. The van der Waals surface area contributed by atoms with E-state index in [4.69, 9.17) is 5.73 Å². The maximum Gasteiger partial charge on any atom is 0.233 e. The largest absolute Gasteiger partial charge is 0.338 e. The number of carbonyl (C=O) groups is 1. The molecule has 1 amide bonds. The Morgan fingerprint density at radius 2 is 2.20 bits per heavy atom. The number of carbonyl (C=O) groups excluding carboxylic acids is 1. The van der Waals surface area contributed by atoms with Gasteiger partial charge in [-0.15, -0.1) is 10.2 Å². The summed E-state index contributed by atoms with van der Waals surface area (Å²) in [4.78, 5) is 13.9. The van der Waals surface area contributed by atoms with Gasteiger partial charge in [0.2, 0.25) is 5.91 Å². The number of rotatable bonds is 8. The SMILES string of the molecule is C=C(C)CN(CC)C(=O)CSc1nnc(C)n1CCN. The Morgan fingerprint density at radius 3 is 2.75 bits per heavy atom. The van der Waals surface area contributed by atoms with Gasteiger partial charge in [0, 0.05) is 26.2 Å². The van der Waals surface area contributed by atoms with Crippen LogP contribution in [0.25, 0.3) is 0 Å². The Labute approximate surface area is 124 Å². The molecule has 7 heteroatoms. The van der Waals surface area contributed by atoms with E-state index >= 15 is 0 Å². The van der Waals surface area contributed by atoms with Crippen molar-refractivity contribution in [2.24, 2.45) is 5.73 Å². The zero-order valence-corrected chi connectivity index (χ0v) is 13.2. The predicted molar refractivity (Wildman–Crippen MR) is 81.6 cm³/mol. The van der Waals surface area contributed by atoms with Gasteiger partial charge in [-0.25, -0.2) is 0 Å². The molecule has 0 radical (unpaired) electrons. The van der Waals surface area contributed by atoms with Crippen LogP contribution in [0.3, 0.4) is 0 Å². The molecule has 1 heterocycles. The highest BCUT2D eigenvalue weighted by atomic mass is 32.2. The van der Waals surface area contributed by atoms with E-state index in [1.807, 2.05) is 25.3 Å². The highest BCUT2D eigenvalue weighted by Crippen LogP contribution is 2.17. The van der Waals surface area contributed by atoms with E-state index < -0.39 is 0 Å². The van der Waals surface area contributed by atoms with E-state index in [1.165, 1.54) is 11.8 Å². The Kier molecular flexibility index (Phi) is 6.74. The fraction of sp³-hybridized carbons (Fsp3) is 0.615. The summed E-state index contributed by atoms with van der Waals surface area (Å²) < 4.78 is 1.94. The van der Waals surface area contributed by atoms with Crippen LogP contribution < -0.4 is 5.73 Å². The van der Waals surface area contributed by atoms with Gasteiger partial charge in [-0.2, -0.15) is 0 Å². The standard InChI is InChI=1S/C13H23N5OS/c1-5-17(8-10(2)3)12(19)9-20-13-16-15-11(4)18(13)7-6-14/h2,5-9,14H2,1,3-4H3. The normalized spacial score (nSPS) is 10.6. The van der Waals surface area contributed by atoms with Gasteiger partial charge in [-0.05, 0) is 20.8 Å².